The highest BCUT2D eigenvalue weighted by atomic mass is 32.1. The summed E-state index contributed by atoms with van der Waals surface area (Å²) in [6.45, 7) is 0. The molecule has 6 heteroatoms. The van der Waals surface area contributed by atoms with Crippen LogP contribution in [0.25, 0.3) is 0 Å². The molecule has 0 saturated heterocycles. The number of nitrogens with two attached hydrogens (primary N) is 1. The van der Waals surface area contributed by atoms with Gasteiger partial charge in [-0.2, -0.15) is 0 Å². The van der Waals surface area contributed by atoms with Crippen LogP contribution in [0.5, 0.6) is 0 Å². The number of nitrogens with one attached hydrogen (secondary N) is 1. The van der Waals surface area contributed by atoms with Gasteiger partial charge in [0.15, 0.2) is 0 Å². The number of primary amides is 1. The lowest BCUT2D eigenvalue weighted by molar-refractivity contribution is 0.0998. The quantitative estimate of drug-likeness (QED) is 0.861. The first-order valence-corrected chi connectivity index (χ1v) is 5.56. The summed E-state index contributed by atoms with van der Waals surface area (Å²) in [6, 6.07) is 8.01. The molecular weight excluding hydrogens is 238 g/mol. The van der Waals surface area contributed by atoms with Gasteiger partial charge in [0, 0.05) is 17.4 Å². The first kappa shape index (κ1) is 11.3. The zero-order valence-electron chi connectivity index (χ0n) is 8.71. The van der Waals surface area contributed by atoms with Crippen molar-refractivity contribution in [2.24, 2.45) is 5.73 Å². The van der Waals surface area contributed by atoms with Crippen LogP contribution in [-0.4, -0.2) is 16.2 Å². The maximum absolute atomic E-state index is 11.7. The largest absolute Gasteiger partial charge is 0.366 e. The summed E-state index contributed by atoms with van der Waals surface area (Å²) in [4.78, 5) is 23.0. The van der Waals surface area contributed by atoms with Gasteiger partial charge in [0.25, 0.3) is 5.91 Å². The maximum Gasteiger partial charge on any atom is 0.267 e. The standard InChI is InChI=1S/C11H9N3O2S/c12-10(15)7-1-3-8(4-2-7)14-11(16)9-5-6-13-17-9/h1-6H,(H2,12,15)(H,14,16). The molecule has 2 amide bonds. The van der Waals surface area contributed by atoms with Gasteiger partial charge in [-0.1, -0.05) is 0 Å². The Kier molecular flexibility index (Phi) is 3.15. The highest BCUT2D eigenvalue weighted by molar-refractivity contribution is 7.08. The minimum absolute atomic E-state index is 0.223. The first-order valence-electron chi connectivity index (χ1n) is 4.79. The van der Waals surface area contributed by atoms with Crippen molar-refractivity contribution in [1.29, 1.82) is 0 Å². The Morgan fingerprint density at radius 3 is 2.41 bits per heavy atom. The smallest absolute Gasteiger partial charge is 0.267 e. The molecule has 0 aliphatic carbocycles. The summed E-state index contributed by atoms with van der Waals surface area (Å²) < 4.78 is 3.84. The predicted molar refractivity (Wildman–Crippen MR) is 65.0 cm³/mol. The number of carbonyl (C=O) groups excluding carboxylic acids is 2. The van der Waals surface area contributed by atoms with E-state index >= 15 is 0 Å². The zero-order chi connectivity index (χ0) is 12.3. The van der Waals surface area contributed by atoms with Gasteiger partial charge >= 0.3 is 0 Å². The monoisotopic (exact) mass is 247 g/mol. The highest BCUT2D eigenvalue weighted by Gasteiger charge is 2.07. The van der Waals surface area contributed by atoms with Crippen molar-refractivity contribution >= 4 is 29.0 Å². The number of amides is 2. The molecule has 17 heavy (non-hydrogen) atoms. The molecule has 2 rings (SSSR count). The number of benzene rings is 1. The van der Waals surface area contributed by atoms with Crippen molar-refractivity contribution in [3.8, 4) is 0 Å². The average molecular weight is 247 g/mol. The van der Waals surface area contributed by atoms with Gasteiger partial charge in [-0.05, 0) is 41.9 Å². The number of rotatable bonds is 3. The fourth-order valence-electron chi connectivity index (χ4n) is 1.24. The number of carbonyl (C=O) groups is 2. The van der Waals surface area contributed by atoms with Crippen molar-refractivity contribution in [2.45, 2.75) is 0 Å². The van der Waals surface area contributed by atoms with Crippen LogP contribution < -0.4 is 11.1 Å². The Morgan fingerprint density at radius 2 is 1.88 bits per heavy atom. The number of nitrogens with zero attached hydrogens (tertiary/aromatic N) is 1. The fourth-order valence-corrected chi connectivity index (χ4v) is 1.73. The molecule has 1 aromatic carbocycles. The van der Waals surface area contributed by atoms with Crippen LogP contribution >= 0.6 is 11.5 Å². The molecule has 86 valence electrons. The highest BCUT2D eigenvalue weighted by Crippen LogP contribution is 2.12. The minimum atomic E-state index is -0.495. The molecule has 0 bridgehead atoms. The number of hydrogen-bond acceptors (Lipinski definition) is 4. The molecule has 5 nitrogen and oxygen atoms in total. The lowest BCUT2D eigenvalue weighted by Gasteiger charge is -2.03. The van der Waals surface area contributed by atoms with Gasteiger partial charge < -0.3 is 11.1 Å². The molecule has 0 fully saturated rings. The van der Waals surface area contributed by atoms with Crippen molar-refractivity contribution in [3.63, 3.8) is 0 Å². The third-order valence-electron chi connectivity index (χ3n) is 2.09. The summed E-state index contributed by atoms with van der Waals surface area (Å²) in [7, 11) is 0. The molecule has 0 saturated carbocycles. The number of anilines is 1. The van der Waals surface area contributed by atoms with E-state index in [9.17, 15) is 9.59 Å². The maximum atomic E-state index is 11.7. The molecule has 0 aliphatic heterocycles. The Labute approximate surface area is 101 Å². The van der Waals surface area contributed by atoms with E-state index in [-0.39, 0.29) is 5.91 Å². The van der Waals surface area contributed by atoms with E-state index in [1.54, 1.807) is 36.5 Å². The third kappa shape index (κ3) is 2.67. The van der Waals surface area contributed by atoms with Crippen LogP contribution in [0.1, 0.15) is 20.0 Å². The topological polar surface area (TPSA) is 85.1 Å². The molecule has 3 N–H and O–H groups in total. The molecule has 0 unspecified atom stereocenters. The summed E-state index contributed by atoms with van der Waals surface area (Å²) >= 11 is 1.12. The van der Waals surface area contributed by atoms with Crippen molar-refractivity contribution < 1.29 is 9.59 Å². The van der Waals surface area contributed by atoms with E-state index in [2.05, 4.69) is 9.69 Å². The molecule has 0 atom stereocenters. The van der Waals surface area contributed by atoms with E-state index in [1.165, 1.54) is 0 Å². The second-order valence-corrected chi connectivity index (χ2v) is 4.11. The summed E-state index contributed by atoms with van der Waals surface area (Å²) in [5.74, 6) is -0.718. The Hall–Kier alpha value is -2.21. The zero-order valence-corrected chi connectivity index (χ0v) is 9.53. The van der Waals surface area contributed by atoms with Gasteiger partial charge in [0.2, 0.25) is 5.91 Å². The predicted octanol–water partition coefficient (Wildman–Crippen LogP) is 1.49. The van der Waals surface area contributed by atoms with Crippen LogP contribution in [-0.2, 0) is 0 Å². The van der Waals surface area contributed by atoms with Crippen molar-refractivity contribution in [2.75, 3.05) is 5.32 Å². The Balaban J connectivity index is 2.09. The second kappa shape index (κ2) is 4.75. The molecule has 0 aliphatic rings. The second-order valence-electron chi connectivity index (χ2n) is 3.27. The third-order valence-corrected chi connectivity index (χ3v) is 2.83. The number of hydrogen-bond donors (Lipinski definition) is 2. The van der Waals surface area contributed by atoms with E-state index < -0.39 is 5.91 Å². The summed E-state index contributed by atoms with van der Waals surface area (Å²) in [5.41, 5.74) is 6.12. The Morgan fingerprint density at radius 1 is 1.18 bits per heavy atom. The Bertz CT molecular complexity index is 534. The van der Waals surface area contributed by atoms with E-state index in [1.807, 2.05) is 0 Å². The van der Waals surface area contributed by atoms with Gasteiger partial charge in [-0.25, -0.2) is 4.37 Å². The van der Waals surface area contributed by atoms with Gasteiger partial charge in [-0.15, -0.1) is 0 Å². The molecule has 0 spiro atoms. The van der Waals surface area contributed by atoms with Gasteiger partial charge in [-0.3, -0.25) is 9.59 Å². The molecule has 0 radical (unpaired) electrons. The van der Waals surface area contributed by atoms with Crippen molar-refractivity contribution in [3.05, 3.63) is 47.0 Å². The van der Waals surface area contributed by atoms with E-state index in [0.717, 1.165) is 11.5 Å². The van der Waals surface area contributed by atoms with E-state index in [0.29, 0.717) is 16.1 Å². The fraction of sp³-hybridized carbons (Fsp3) is 0. The van der Waals surface area contributed by atoms with Gasteiger partial charge in [0.1, 0.15) is 4.88 Å². The SMILES string of the molecule is NC(=O)c1ccc(NC(=O)c2ccns2)cc1. The summed E-state index contributed by atoms with van der Waals surface area (Å²) in [5, 5.41) is 2.69. The lowest BCUT2D eigenvalue weighted by Crippen LogP contribution is -2.12. The van der Waals surface area contributed by atoms with Crippen molar-refractivity contribution in [1.82, 2.24) is 4.37 Å². The average Bonchev–Trinajstić information content (AvgIpc) is 2.83. The van der Waals surface area contributed by atoms with Crippen LogP contribution in [0.15, 0.2) is 36.5 Å². The van der Waals surface area contributed by atoms with E-state index in [4.69, 9.17) is 5.73 Å². The molecule has 2 aromatic rings. The number of aromatic nitrogens is 1. The van der Waals surface area contributed by atoms with Crippen LogP contribution in [0.2, 0.25) is 0 Å². The molecular formula is C11H9N3O2S. The lowest BCUT2D eigenvalue weighted by atomic mass is 10.2. The van der Waals surface area contributed by atoms with Gasteiger partial charge in [0.05, 0.1) is 0 Å². The summed E-state index contributed by atoms with van der Waals surface area (Å²) in [6.07, 6.45) is 1.57. The molecule has 1 aromatic heterocycles. The minimum Gasteiger partial charge on any atom is -0.366 e. The molecule has 1 heterocycles. The normalized spacial score (nSPS) is 9.88. The van der Waals surface area contributed by atoms with Crippen LogP contribution in [0.3, 0.4) is 0 Å². The van der Waals surface area contributed by atoms with Crippen LogP contribution in [0.4, 0.5) is 5.69 Å². The van der Waals surface area contributed by atoms with Crippen LogP contribution in [0, 0.1) is 0 Å². The first-order chi connectivity index (χ1) is 8.16.